The first kappa shape index (κ1) is 101. The first-order chi connectivity index (χ1) is 59.7. The molecule has 0 spiro atoms. The molecule has 3 unspecified atom stereocenters. The minimum absolute atomic E-state index is 0.175. The Morgan fingerprint density at radius 3 is 0.785 bits per heavy atom. The Morgan fingerprint density at radius 1 is 0.314 bits per heavy atom. The number of aliphatic imine (C=N–C) groups is 6. The number of alkyl carbamates (subject to hydrolysis) is 2. The lowest BCUT2D eigenvalue weighted by Gasteiger charge is -2.33. The van der Waals surface area contributed by atoms with Crippen LogP contribution in [0.3, 0.4) is 0 Å². The fourth-order valence-corrected chi connectivity index (χ4v) is 19.4. The van der Waals surface area contributed by atoms with Crippen LogP contribution in [0, 0.1) is 47.3 Å². The van der Waals surface area contributed by atoms with E-state index in [0.29, 0.717) is 214 Å². The summed E-state index contributed by atoms with van der Waals surface area (Å²) in [6, 6.07) is 13.0. The molecule has 0 aromatic carbocycles. The number of ether oxygens (including phenoxy) is 16. The van der Waals surface area contributed by atoms with Crippen LogP contribution >= 0.6 is 0 Å². The minimum Gasteiger partial charge on any atom is -0.447 e. The Balaban J connectivity index is 0.473. The average molecular weight is 1710 g/mol. The molecule has 0 radical (unpaired) electrons. The molecule has 8 saturated carbocycles. The first-order valence-electron chi connectivity index (χ1n) is 48.7. The van der Waals surface area contributed by atoms with Crippen LogP contribution in [0.25, 0.3) is 0 Å². The number of hydrogen-bond donors (Lipinski definition) is 2. The summed E-state index contributed by atoms with van der Waals surface area (Å²) in [5.74, 6) is 6.41. The van der Waals surface area contributed by atoms with Gasteiger partial charge in [-0.25, -0.2) is 39.5 Å². The van der Waals surface area contributed by atoms with Crippen LogP contribution in [-0.4, -0.2) is 301 Å². The Labute approximate surface area is 728 Å². The number of unbranched alkanes of at least 4 members (excludes halogenated alkanes) is 1. The zero-order valence-electron chi connectivity index (χ0n) is 75.5. The molecule has 3 atom stereocenters. The van der Waals surface area contributed by atoms with Crippen LogP contribution in [0.1, 0.15) is 258 Å². The molecule has 1 heterocycles. The number of hydrogen-bond acceptors (Lipinski definition) is 25. The van der Waals surface area contributed by atoms with E-state index < -0.39 is 0 Å². The van der Waals surface area contributed by atoms with Crippen LogP contribution in [0.2, 0.25) is 0 Å². The number of carbonyl (C=O) groups is 2. The lowest BCUT2D eigenvalue weighted by atomic mass is 9.76. The largest absolute Gasteiger partial charge is 0.447 e. The van der Waals surface area contributed by atoms with Gasteiger partial charge in [0.15, 0.2) is 0 Å². The maximum absolute atomic E-state index is 12.9. The van der Waals surface area contributed by atoms with E-state index in [1.807, 2.05) is 0 Å². The van der Waals surface area contributed by atoms with E-state index in [-0.39, 0.29) is 37.0 Å². The van der Waals surface area contributed by atoms with Crippen LogP contribution in [0.15, 0.2) is 30.0 Å². The molecule has 9 aliphatic rings. The van der Waals surface area contributed by atoms with Crippen LogP contribution in [-0.2, 0) is 75.8 Å². The molecule has 694 valence electrons. The number of methoxy groups -OCH3 is 1. The highest BCUT2D eigenvalue weighted by Crippen LogP contribution is 2.41. The normalized spacial score (nSPS) is 29.1. The lowest BCUT2D eigenvalue weighted by molar-refractivity contribution is -0.0290. The topological polar surface area (TPSA) is 283 Å². The molecule has 2 N–H and O–H groups in total. The number of carbonyl (C=O) groups excluding carboxylic acids is 2. The number of amides is 2. The summed E-state index contributed by atoms with van der Waals surface area (Å²) in [7, 11) is 1.65. The third-order valence-electron chi connectivity index (χ3n) is 27.0. The molecular formula is C94H165N9O18. The van der Waals surface area contributed by atoms with Crippen molar-refractivity contribution in [3.8, 4) is 0 Å². The molecule has 9 rings (SSSR count). The van der Waals surface area contributed by atoms with E-state index in [2.05, 4.69) is 47.4 Å². The maximum atomic E-state index is 12.9. The molecule has 8 aliphatic carbocycles. The van der Waals surface area contributed by atoms with Gasteiger partial charge in [0, 0.05) is 44.9 Å². The zero-order valence-corrected chi connectivity index (χ0v) is 75.5. The lowest BCUT2D eigenvalue weighted by Crippen LogP contribution is -2.42. The van der Waals surface area contributed by atoms with Gasteiger partial charge in [0.05, 0.1) is 226 Å². The van der Waals surface area contributed by atoms with E-state index in [1.54, 1.807) is 7.11 Å². The summed E-state index contributed by atoms with van der Waals surface area (Å²) < 4.78 is 88.4. The van der Waals surface area contributed by atoms with E-state index in [1.165, 1.54) is 180 Å². The van der Waals surface area contributed by atoms with Crippen molar-refractivity contribution in [2.45, 2.75) is 318 Å². The summed E-state index contributed by atoms with van der Waals surface area (Å²) in [5.41, 5.74) is 0. The molecule has 27 nitrogen and oxygen atoms in total. The number of rotatable bonds is 63. The van der Waals surface area contributed by atoms with Gasteiger partial charge >= 0.3 is 12.2 Å². The van der Waals surface area contributed by atoms with E-state index in [4.69, 9.17) is 106 Å². The fourth-order valence-electron chi connectivity index (χ4n) is 19.4. The third-order valence-corrected chi connectivity index (χ3v) is 27.0. The number of nitrogens with zero attached hydrogens (tertiary/aromatic N) is 7. The molecule has 1 saturated heterocycles. The van der Waals surface area contributed by atoms with E-state index in [9.17, 15) is 9.59 Å². The summed E-state index contributed by atoms with van der Waals surface area (Å²) in [6.45, 7) is 19.9. The molecule has 0 aromatic rings. The van der Waals surface area contributed by atoms with Crippen LogP contribution in [0.4, 0.5) is 9.59 Å². The van der Waals surface area contributed by atoms with Crippen LogP contribution < -0.4 is 10.6 Å². The minimum atomic E-state index is -0.358. The van der Waals surface area contributed by atoms with Gasteiger partial charge in [-0.1, -0.05) is 13.3 Å². The molecule has 2 amide bonds. The highest BCUT2D eigenvalue weighted by Gasteiger charge is 2.36. The predicted octanol–water partition coefficient (Wildman–Crippen LogP) is 15.7. The second kappa shape index (κ2) is 64.8. The van der Waals surface area contributed by atoms with Gasteiger partial charge in [-0.15, -0.1) is 0 Å². The van der Waals surface area contributed by atoms with Crippen LogP contribution in [0.5, 0.6) is 0 Å². The summed E-state index contributed by atoms with van der Waals surface area (Å²) in [4.78, 5) is 57.2. The second-order valence-corrected chi connectivity index (χ2v) is 36.5. The predicted molar refractivity (Wildman–Crippen MR) is 470 cm³/mol. The smallest absolute Gasteiger partial charge is 0.407 e. The van der Waals surface area contributed by atoms with Gasteiger partial charge in [-0.05, 0) is 292 Å². The van der Waals surface area contributed by atoms with E-state index in [0.717, 1.165) is 131 Å². The Kier molecular flexibility index (Phi) is 54.0. The Hall–Kier alpha value is -3.92. The molecule has 0 bridgehead atoms. The number of nitrogens with one attached hydrogen (secondary N) is 2. The zero-order chi connectivity index (χ0) is 84.3. The molecule has 121 heavy (non-hydrogen) atoms. The molecule has 27 heteroatoms. The standard InChI is InChI=1S/C94H165N9O18/c1-4-5-38-119-71-92(70-103-69-75(103)2)121-94(105)102-91-36-20-83(21-37-91)68-81-16-32-89(33-17-81)100-74-98-87-28-12-79(13-29-87)66-77-8-24-85(25-9-77)96-72-95-84-22-6-76(7-23-84)65-78-10-26-86(27-11-78)97-73-99-88-30-14-80(15-31-88)67-82-18-34-90(35-19-82)101-93(104)120-64-63-118-62-61-117-60-59-116-58-57-115-56-55-114-54-53-113-52-51-112-50-49-111-48-47-110-46-45-109-44-43-108-42-41-107-40-39-106-3/h75-92H,4-71H2,1-3H3,(H,101,104)(H,102,105). The van der Waals surface area contributed by atoms with Crippen molar-refractivity contribution < 1.29 is 85.4 Å². The van der Waals surface area contributed by atoms with Gasteiger partial charge in [0.2, 0.25) is 0 Å². The van der Waals surface area contributed by atoms with Gasteiger partial charge in [-0.2, -0.15) is 0 Å². The quantitative estimate of drug-likeness (QED) is 0.0325. The SMILES string of the molecule is CCCCOCC(CN1CC1C)OC(=O)NC1CCC(CC2CCC(N=C=NC3CCC(CC4CCC(N=C=NC5CCC(CC6CCC(N=C=NC7CCC(CC8CCC(NC(=O)OCCOCCOCCOCCOCCOCCOCCOCCOCCOCCOCCOCCOCCOC)CC8)CC7)CC6)CC5)CC4)CC3)CC2)CC1. The van der Waals surface area contributed by atoms with Crippen molar-refractivity contribution in [2.75, 3.05) is 205 Å². The third kappa shape index (κ3) is 47.1. The Morgan fingerprint density at radius 2 is 0.545 bits per heavy atom. The van der Waals surface area contributed by atoms with Crippen molar-refractivity contribution in [3.63, 3.8) is 0 Å². The van der Waals surface area contributed by atoms with Crippen molar-refractivity contribution in [1.82, 2.24) is 15.5 Å². The van der Waals surface area contributed by atoms with Crippen molar-refractivity contribution in [2.24, 2.45) is 77.3 Å². The fraction of sp³-hybridized carbons (Fsp3) is 0.947. The van der Waals surface area contributed by atoms with Crippen molar-refractivity contribution >= 4 is 30.2 Å². The molecule has 9 fully saturated rings. The van der Waals surface area contributed by atoms with Gasteiger partial charge in [-0.3, -0.25) is 4.90 Å². The van der Waals surface area contributed by atoms with Gasteiger partial charge < -0.3 is 86.4 Å². The average Bonchev–Trinajstić information content (AvgIpc) is 1.72. The van der Waals surface area contributed by atoms with Crippen molar-refractivity contribution in [3.05, 3.63) is 0 Å². The maximum Gasteiger partial charge on any atom is 0.407 e. The Bertz CT molecular complexity index is 2800. The summed E-state index contributed by atoms with van der Waals surface area (Å²) in [6.07, 6.45) is 45.0. The highest BCUT2D eigenvalue weighted by molar-refractivity contribution is 5.68. The summed E-state index contributed by atoms with van der Waals surface area (Å²) in [5, 5.41) is 6.30. The monoisotopic (exact) mass is 1710 g/mol. The second-order valence-electron chi connectivity index (χ2n) is 36.5. The van der Waals surface area contributed by atoms with Crippen molar-refractivity contribution in [1.29, 1.82) is 0 Å². The molecule has 0 aromatic heterocycles. The van der Waals surface area contributed by atoms with Gasteiger partial charge in [0.1, 0.15) is 12.7 Å². The molecular weight excluding hydrogens is 1540 g/mol. The van der Waals surface area contributed by atoms with Gasteiger partial charge in [0.25, 0.3) is 0 Å². The highest BCUT2D eigenvalue weighted by atomic mass is 16.6. The first-order valence-corrected chi connectivity index (χ1v) is 48.7. The summed E-state index contributed by atoms with van der Waals surface area (Å²) >= 11 is 0. The molecule has 1 aliphatic heterocycles. The van der Waals surface area contributed by atoms with E-state index >= 15 is 0 Å².